The molecule has 0 aromatic heterocycles. The van der Waals surface area contributed by atoms with Crippen LogP contribution in [0, 0.1) is 0 Å². The van der Waals surface area contributed by atoms with Crippen LogP contribution >= 0.6 is 0 Å². The van der Waals surface area contributed by atoms with E-state index in [1.165, 1.54) is 6.92 Å². The lowest BCUT2D eigenvalue weighted by atomic mass is 9.88. The van der Waals surface area contributed by atoms with Crippen molar-refractivity contribution in [1.82, 2.24) is 5.32 Å². The van der Waals surface area contributed by atoms with Crippen molar-refractivity contribution in [2.24, 2.45) is 0 Å². The standard InChI is InChI=1S/C5H8FNO2/c1-5(9)3(2-6)7-4(5)8/h3,9H,2H2,1H3,(H,7,8)/t3-,5+/m0/s1. The Labute approximate surface area is 51.9 Å². The second-order valence-electron chi connectivity index (χ2n) is 2.33. The zero-order chi connectivity index (χ0) is 7.07. The summed E-state index contributed by atoms with van der Waals surface area (Å²) in [4.78, 5) is 10.4. The van der Waals surface area contributed by atoms with Crippen LogP contribution in [0.2, 0.25) is 0 Å². The quantitative estimate of drug-likeness (QED) is 0.460. The molecule has 0 spiro atoms. The molecule has 0 saturated carbocycles. The number of nitrogens with one attached hydrogen (secondary N) is 1. The maximum atomic E-state index is 11.7. The van der Waals surface area contributed by atoms with Gasteiger partial charge in [-0.2, -0.15) is 0 Å². The van der Waals surface area contributed by atoms with Gasteiger partial charge in [0.1, 0.15) is 6.67 Å². The SMILES string of the molecule is C[C@]1(O)C(=O)N[C@H]1CF. The summed E-state index contributed by atoms with van der Waals surface area (Å²) in [5.41, 5.74) is -1.48. The fourth-order valence-electron chi connectivity index (χ4n) is 0.714. The smallest absolute Gasteiger partial charge is 0.254 e. The van der Waals surface area contributed by atoms with Crippen molar-refractivity contribution >= 4 is 5.91 Å². The molecule has 0 bridgehead atoms. The maximum Gasteiger partial charge on any atom is 0.254 e. The van der Waals surface area contributed by atoms with Crippen LogP contribution in [-0.2, 0) is 4.79 Å². The molecule has 0 aliphatic carbocycles. The molecule has 1 heterocycles. The van der Waals surface area contributed by atoms with E-state index in [4.69, 9.17) is 5.11 Å². The minimum Gasteiger partial charge on any atom is -0.378 e. The number of amides is 1. The molecule has 0 aromatic rings. The second-order valence-corrected chi connectivity index (χ2v) is 2.33. The molecule has 0 aromatic carbocycles. The summed E-state index contributed by atoms with van der Waals surface area (Å²) in [6.45, 7) is 0.592. The Balaban J connectivity index is 2.58. The van der Waals surface area contributed by atoms with Gasteiger partial charge in [0, 0.05) is 0 Å². The highest BCUT2D eigenvalue weighted by Crippen LogP contribution is 2.19. The molecule has 4 heteroatoms. The van der Waals surface area contributed by atoms with E-state index < -0.39 is 24.2 Å². The lowest BCUT2D eigenvalue weighted by Gasteiger charge is -2.40. The Bertz CT molecular complexity index is 146. The van der Waals surface area contributed by atoms with E-state index in [0.717, 1.165) is 0 Å². The van der Waals surface area contributed by atoms with Crippen molar-refractivity contribution in [2.75, 3.05) is 6.67 Å². The van der Waals surface area contributed by atoms with Crippen LogP contribution < -0.4 is 5.32 Å². The van der Waals surface area contributed by atoms with Crippen LogP contribution in [0.5, 0.6) is 0 Å². The maximum absolute atomic E-state index is 11.7. The van der Waals surface area contributed by atoms with Crippen molar-refractivity contribution in [3.05, 3.63) is 0 Å². The van der Waals surface area contributed by atoms with Gasteiger partial charge in [-0.25, -0.2) is 4.39 Å². The minimum atomic E-state index is -1.48. The van der Waals surface area contributed by atoms with E-state index in [0.29, 0.717) is 0 Å². The van der Waals surface area contributed by atoms with Gasteiger partial charge in [0.2, 0.25) is 0 Å². The zero-order valence-corrected chi connectivity index (χ0v) is 5.02. The molecule has 0 radical (unpaired) electrons. The lowest BCUT2D eigenvalue weighted by Crippen LogP contribution is -2.71. The second kappa shape index (κ2) is 1.67. The highest BCUT2D eigenvalue weighted by atomic mass is 19.1. The predicted molar refractivity (Wildman–Crippen MR) is 28.5 cm³/mol. The molecule has 1 aliphatic rings. The lowest BCUT2D eigenvalue weighted by molar-refractivity contribution is -0.158. The first-order chi connectivity index (χ1) is 4.09. The molecule has 1 fully saturated rings. The molecule has 1 rings (SSSR count). The first-order valence-corrected chi connectivity index (χ1v) is 2.68. The third-order valence-electron chi connectivity index (χ3n) is 1.60. The van der Waals surface area contributed by atoms with Crippen LogP contribution in [0.4, 0.5) is 4.39 Å². The van der Waals surface area contributed by atoms with Crippen molar-refractivity contribution in [3.8, 4) is 0 Å². The number of β-lactam (4-membered cyclic amide) rings is 1. The largest absolute Gasteiger partial charge is 0.378 e. The van der Waals surface area contributed by atoms with E-state index in [1.54, 1.807) is 0 Å². The van der Waals surface area contributed by atoms with Gasteiger partial charge in [0.25, 0.3) is 5.91 Å². The molecule has 3 nitrogen and oxygen atoms in total. The van der Waals surface area contributed by atoms with Crippen molar-refractivity contribution in [1.29, 1.82) is 0 Å². The first kappa shape index (κ1) is 6.48. The molecule has 1 aliphatic heterocycles. The van der Waals surface area contributed by atoms with Gasteiger partial charge in [-0.15, -0.1) is 0 Å². The van der Waals surface area contributed by atoms with E-state index in [1.807, 2.05) is 0 Å². The number of halogens is 1. The van der Waals surface area contributed by atoms with E-state index in [-0.39, 0.29) is 0 Å². The summed E-state index contributed by atoms with van der Waals surface area (Å²) in [5.74, 6) is -0.495. The monoisotopic (exact) mass is 133 g/mol. The third kappa shape index (κ3) is 0.702. The number of carbonyl (C=O) groups is 1. The summed E-state index contributed by atoms with van der Waals surface area (Å²) < 4.78 is 11.7. The van der Waals surface area contributed by atoms with E-state index >= 15 is 0 Å². The summed E-state index contributed by atoms with van der Waals surface area (Å²) in [7, 11) is 0. The minimum absolute atomic E-state index is 0.495. The summed E-state index contributed by atoms with van der Waals surface area (Å²) in [6, 6.07) is -0.704. The molecular formula is C5H8FNO2. The summed E-state index contributed by atoms with van der Waals surface area (Å²) in [5, 5.41) is 11.2. The van der Waals surface area contributed by atoms with Crippen LogP contribution in [0.25, 0.3) is 0 Å². The van der Waals surface area contributed by atoms with Crippen molar-refractivity contribution in [2.45, 2.75) is 18.6 Å². The molecule has 1 amide bonds. The molecular weight excluding hydrogens is 125 g/mol. The fourth-order valence-corrected chi connectivity index (χ4v) is 0.714. The van der Waals surface area contributed by atoms with Gasteiger partial charge in [-0.1, -0.05) is 0 Å². The Hall–Kier alpha value is -0.640. The van der Waals surface area contributed by atoms with Gasteiger partial charge in [0.05, 0.1) is 6.04 Å². The molecule has 52 valence electrons. The van der Waals surface area contributed by atoms with Crippen LogP contribution in [0.15, 0.2) is 0 Å². The van der Waals surface area contributed by atoms with Gasteiger partial charge in [0.15, 0.2) is 5.60 Å². The Kier molecular flexibility index (Phi) is 1.20. The Morgan fingerprint density at radius 3 is 2.67 bits per heavy atom. The Morgan fingerprint density at radius 2 is 2.56 bits per heavy atom. The average molecular weight is 133 g/mol. The predicted octanol–water partition coefficient (Wildman–Crippen LogP) is -0.795. The molecule has 2 atom stereocenters. The fraction of sp³-hybridized carbons (Fsp3) is 0.800. The van der Waals surface area contributed by atoms with Crippen LogP contribution in [0.1, 0.15) is 6.92 Å². The highest BCUT2D eigenvalue weighted by molar-refractivity contribution is 5.92. The zero-order valence-electron chi connectivity index (χ0n) is 5.02. The van der Waals surface area contributed by atoms with Gasteiger partial charge in [-0.3, -0.25) is 4.79 Å². The number of rotatable bonds is 1. The highest BCUT2D eigenvalue weighted by Gasteiger charge is 2.49. The first-order valence-electron chi connectivity index (χ1n) is 2.68. The molecule has 2 N–H and O–H groups in total. The summed E-state index contributed by atoms with van der Waals surface area (Å²) >= 11 is 0. The van der Waals surface area contributed by atoms with Gasteiger partial charge in [-0.05, 0) is 6.92 Å². The average Bonchev–Trinajstić information content (AvgIpc) is 1.82. The number of hydrogen-bond acceptors (Lipinski definition) is 2. The topological polar surface area (TPSA) is 49.3 Å². The molecule has 0 unspecified atom stereocenters. The van der Waals surface area contributed by atoms with Crippen LogP contribution in [0.3, 0.4) is 0 Å². The number of alkyl halides is 1. The number of hydrogen-bond donors (Lipinski definition) is 2. The molecule has 1 saturated heterocycles. The molecule has 9 heavy (non-hydrogen) atoms. The van der Waals surface area contributed by atoms with Crippen LogP contribution in [-0.4, -0.2) is 29.3 Å². The van der Waals surface area contributed by atoms with E-state index in [9.17, 15) is 9.18 Å². The normalized spacial score (nSPS) is 41.7. The van der Waals surface area contributed by atoms with Gasteiger partial charge < -0.3 is 10.4 Å². The summed E-state index contributed by atoms with van der Waals surface area (Å²) in [6.07, 6.45) is 0. The third-order valence-corrected chi connectivity index (χ3v) is 1.60. The Morgan fingerprint density at radius 1 is 2.00 bits per heavy atom. The van der Waals surface area contributed by atoms with E-state index in [2.05, 4.69) is 5.32 Å². The van der Waals surface area contributed by atoms with Gasteiger partial charge >= 0.3 is 0 Å². The number of aliphatic hydroxyl groups is 1. The number of carbonyl (C=O) groups excluding carboxylic acids is 1. The van der Waals surface area contributed by atoms with Crippen molar-refractivity contribution in [3.63, 3.8) is 0 Å². The van der Waals surface area contributed by atoms with Crippen molar-refractivity contribution < 1.29 is 14.3 Å².